The highest BCUT2D eigenvalue weighted by Crippen LogP contribution is 2.90. The number of dihydropyridines is 1. The van der Waals surface area contributed by atoms with E-state index in [1.165, 1.54) is 36.8 Å². The molecule has 0 aromatic heterocycles. The third kappa shape index (κ3) is 7.49. The van der Waals surface area contributed by atoms with Crippen LogP contribution in [0.15, 0.2) is 82.8 Å². The summed E-state index contributed by atoms with van der Waals surface area (Å²) >= 11 is 0. The molecule has 0 amide bonds. The minimum Gasteiger partial charge on any atom is -0.396 e. The van der Waals surface area contributed by atoms with Crippen LogP contribution < -0.4 is 11.1 Å². The molecule has 5 spiro atoms. The zero-order valence-corrected chi connectivity index (χ0v) is 54.9. The largest absolute Gasteiger partial charge is 0.396 e. The van der Waals surface area contributed by atoms with Gasteiger partial charge in [0.1, 0.15) is 24.1 Å². The third-order valence-corrected chi connectivity index (χ3v) is 32.0. The molecule has 1 aromatic carbocycles. The number of aryl methyl sites for hydroxylation is 1. The van der Waals surface area contributed by atoms with E-state index in [4.69, 9.17) is 15.2 Å². The first-order valence-corrected chi connectivity index (χ1v) is 36.5. The predicted molar refractivity (Wildman–Crippen MR) is 346 cm³/mol. The van der Waals surface area contributed by atoms with E-state index in [2.05, 4.69) is 79.6 Å². The van der Waals surface area contributed by atoms with Gasteiger partial charge in [0.25, 0.3) is 0 Å². The number of hydrogen-bond donors (Lipinski definition) is 8. The molecule has 1 aromatic rings. The summed E-state index contributed by atoms with van der Waals surface area (Å²) < 4.78 is 14.7. The lowest BCUT2D eigenvalue weighted by Gasteiger charge is -2.75. The number of aldehydes is 1. The van der Waals surface area contributed by atoms with Crippen LogP contribution in [0.1, 0.15) is 193 Å². The number of Topliss-reactive ketones (excluding diaryl/α,β-unsaturated/α-hetero) is 1. The quantitative estimate of drug-likeness (QED) is 0.0450. The maximum atomic E-state index is 17.6. The predicted octanol–water partition coefficient (Wildman–Crippen LogP) is 10.4. The van der Waals surface area contributed by atoms with Gasteiger partial charge in [-0.05, 0) is 228 Å². The number of ketones is 1. The van der Waals surface area contributed by atoms with Gasteiger partial charge in [-0.15, -0.1) is 0 Å². The number of fused-ring (bicyclic) bond motifs is 3. The summed E-state index contributed by atoms with van der Waals surface area (Å²) in [5.74, 6) is 6.91. The fourth-order valence-corrected chi connectivity index (χ4v) is 28.2. The summed E-state index contributed by atoms with van der Waals surface area (Å²) in [6.07, 6.45) is 30.5. The van der Waals surface area contributed by atoms with Crippen molar-refractivity contribution in [2.45, 2.75) is 236 Å². The number of epoxide rings is 1. The topological polar surface area (TPSA) is 215 Å². The summed E-state index contributed by atoms with van der Waals surface area (Å²) in [4.78, 5) is 31.1. The highest BCUT2D eigenvalue weighted by molar-refractivity contribution is 6.01. The number of nitrogens with one attached hydrogen (secondary N) is 1. The minimum absolute atomic E-state index is 0.0555. The summed E-state index contributed by atoms with van der Waals surface area (Å²) in [5.41, 5.74) is 3.08. The molecule has 12 heteroatoms. The van der Waals surface area contributed by atoms with E-state index in [1.54, 1.807) is 0 Å². The summed E-state index contributed by atoms with van der Waals surface area (Å²) in [6.45, 7) is 9.25. The van der Waals surface area contributed by atoms with Crippen molar-refractivity contribution in [1.82, 2.24) is 5.32 Å². The van der Waals surface area contributed by atoms with Crippen LogP contribution in [-0.2, 0) is 31.9 Å². The third-order valence-electron chi connectivity index (χ3n) is 32.0. The Morgan fingerprint density at radius 2 is 1.74 bits per heavy atom. The molecule has 4 bridgehead atoms. The van der Waals surface area contributed by atoms with Crippen LogP contribution in [0.5, 0.6) is 0 Å². The van der Waals surface area contributed by atoms with E-state index in [-0.39, 0.29) is 71.3 Å². The molecule has 17 aliphatic rings. The van der Waals surface area contributed by atoms with Gasteiger partial charge in [0.05, 0.1) is 42.4 Å². The molecule has 12 nitrogen and oxygen atoms in total. The van der Waals surface area contributed by atoms with Crippen LogP contribution in [0.3, 0.4) is 0 Å². The second kappa shape index (κ2) is 20.1. The van der Waals surface area contributed by atoms with E-state index >= 15 is 9.90 Å². The molecule has 2 saturated heterocycles. The van der Waals surface area contributed by atoms with Crippen molar-refractivity contribution in [3.05, 3.63) is 93.9 Å². The van der Waals surface area contributed by atoms with Crippen molar-refractivity contribution in [2.24, 2.45) is 108 Å². The van der Waals surface area contributed by atoms with Crippen LogP contribution in [-0.4, -0.2) is 110 Å². The molecule has 91 heavy (non-hydrogen) atoms. The van der Waals surface area contributed by atoms with Gasteiger partial charge in [-0.3, -0.25) is 4.79 Å². The highest BCUT2D eigenvalue weighted by Gasteiger charge is 2.88. The molecule has 24 atom stereocenters. The lowest BCUT2D eigenvalue weighted by molar-refractivity contribution is -0.244. The summed E-state index contributed by atoms with van der Waals surface area (Å²) in [7, 11) is 0. The number of rotatable bonds is 11. The molecule has 0 unspecified atom stereocenters. The second-order valence-corrected chi connectivity index (χ2v) is 35.3. The van der Waals surface area contributed by atoms with Crippen LogP contribution >= 0.6 is 0 Å². The van der Waals surface area contributed by atoms with Crippen LogP contribution in [0.25, 0.3) is 0 Å². The molecule has 490 valence electrons. The Morgan fingerprint density at radius 1 is 0.923 bits per heavy atom. The van der Waals surface area contributed by atoms with Gasteiger partial charge < -0.3 is 56.0 Å². The lowest BCUT2D eigenvalue weighted by atomic mass is 9.28. The van der Waals surface area contributed by atoms with E-state index in [1.807, 2.05) is 19.9 Å². The van der Waals surface area contributed by atoms with Crippen LogP contribution in [0, 0.1) is 114 Å². The highest BCUT2D eigenvalue weighted by atomic mass is 16.6. The zero-order valence-electron chi connectivity index (χ0n) is 54.9. The van der Waals surface area contributed by atoms with Gasteiger partial charge in [0.15, 0.2) is 5.78 Å². The minimum atomic E-state index is -1.47. The van der Waals surface area contributed by atoms with Crippen molar-refractivity contribution in [2.75, 3.05) is 26.4 Å². The number of carbonyl (C=O) groups is 2. The Labute approximate surface area is 540 Å². The Balaban J connectivity index is 0.885. The van der Waals surface area contributed by atoms with Crippen molar-refractivity contribution in [3.8, 4) is 11.8 Å². The number of ether oxygens (including phenoxy) is 2. The average molecular weight is 1240 g/mol. The Morgan fingerprint density at radius 3 is 2.48 bits per heavy atom. The van der Waals surface area contributed by atoms with Gasteiger partial charge in [-0.25, -0.2) is 0 Å². The SMILES string of the molecule is C[C@@H]1CCO[C@]([C@H]2C[C@H]3CCC4=C5[C@@H]6[C@@H](CCc7ccccc7CC#C[C@H]7[C@]8(CCC9(CCCC9)C8)C[C@]89C=C[C@@H]%10[C@@H](C4=O)[C@]6(CC([C@]4(CO)C[C@@H](C=O)C[C@@]46CCC[C@@H]6O)=C8)[C@]79C[C@@H]%10O)C[C@@]2(C)[C@]53O)([C@H]2O[C@@H]2[C@](C)(O)[C@](C)(CO)CCC2=CCNC(N)=C2)C1. The number of aliphatic hydroxyl groups excluding tert-OH is 4. The van der Waals surface area contributed by atoms with E-state index in [0.717, 1.165) is 86.4 Å². The number of nitrogens with two attached hydrogens (primary N) is 1. The molecule has 10 fully saturated rings. The fourth-order valence-electron chi connectivity index (χ4n) is 28.2. The number of benzene rings is 1. The maximum absolute atomic E-state index is 17.6. The Kier molecular flexibility index (Phi) is 13.4. The second-order valence-electron chi connectivity index (χ2n) is 35.3. The smallest absolute Gasteiger partial charge is 0.163 e. The van der Waals surface area contributed by atoms with Gasteiger partial charge in [0, 0.05) is 75.7 Å². The van der Waals surface area contributed by atoms with Gasteiger partial charge in [0.2, 0.25) is 0 Å². The molecular formula is C79H104N2O10. The number of carbonyl (C=O) groups excluding carboxylic acids is 2. The lowest BCUT2D eigenvalue weighted by Crippen LogP contribution is -2.75. The van der Waals surface area contributed by atoms with Crippen molar-refractivity contribution in [3.63, 3.8) is 0 Å². The van der Waals surface area contributed by atoms with E-state index in [0.29, 0.717) is 102 Å². The average Bonchev–Trinajstić information content (AvgIpc) is 1.54. The van der Waals surface area contributed by atoms with E-state index < -0.39 is 91.0 Å². The molecule has 9 N–H and O–H groups in total. The number of aliphatic hydroxyl groups is 6. The standard InChI is InChI=1S/C79H104N2O10/c1-47-23-32-90-77(35-47,67-66(91-67)70(4,88)68(2,45-83)27-20-48-22-31-81-61(80)33-48)59-34-53-18-19-56-63-62-52(38-69(59,3)79(53,63)89)17-16-51-12-6-5-11-50(51)13-9-14-58-72(30-29-71(43-72)24-7-8-25-71)44-73-28-21-55-57(85)41-78(58,73)76(62,64(55)65(56)87)40-54(39-73)75(46-84)37-49(42-82)36-74(75)26-10-15-60(74)86/h5-6,11-12,21-22,28,33,39,42,47,49,52-53,55,57-60,62,64,66-67,81,83-86,88-89H,7-8,10,13,15-20,23-27,29-32,34-38,40-41,43-46,80H2,1-4H3/t47-,49+,52+,53-,55+,57+,58+,59+,60+,62+,64+,66+,67+,68+,69-,70+,72+,73+,74-,75-,76-,77-,78-,79-/m1/s1. The van der Waals surface area contributed by atoms with Gasteiger partial charge in [-0.2, -0.15) is 0 Å². The first kappa shape index (κ1) is 60.7. The van der Waals surface area contributed by atoms with Crippen molar-refractivity contribution < 1.29 is 49.7 Å². The maximum Gasteiger partial charge on any atom is 0.163 e. The fraction of sp³-hybridized carbons (Fsp3) is 0.747. The first-order chi connectivity index (χ1) is 43.6. The molecule has 18 rings (SSSR count). The van der Waals surface area contributed by atoms with Crippen LogP contribution in [0.2, 0.25) is 0 Å². The van der Waals surface area contributed by atoms with Gasteiger partial charge in [-0.1, -0.05) is 106 Å². The summed E-state index contributed by atoms with van der Waals surface area (Å²) in [5, 5.41) is 82.6. The Bertz CT molecular complexity index is 3470. The Hall–Kier alpha value is -3.90. The first-order valence-electron chi connectivity index (χ1n) is 36.5. The molecule has 14 aliphatic carbocycles. The normalized spacial score (nSPS) is 50.3. The zero-order chi connectivity index (χ0) is 62.9. The van der Waals surface area contributed by atoms with Crippen molar-refractivity contribution >= 4 is 12.1 Å². The summed E-state index contributed by atoms with van der Waals surface area (Å²) in [6, 6.07) is 8.95. The monoisotopic (exact) mass is 1240 g/mol. The molecule has 3 heterocycles. The number of hydrogen-bond acceptors (Lipinski definition) is 12. The van der Waals surface area contributed by atoms with Crippen molar-refractivity contribution in [1.29, 1.82) is 0 Å². The number of allylic oxidation sites excluding steroid dienone is 5. The van der Waals surface area contributed by atoms with Gasteiger partial charge >= 0.3 is 0 Å². The van der Waals surface area contributed by atoms with Crippen LogP contribution in [0.4, 0.5) is 0 Å². The molecule has 8 saturated carbocycles. The molecule has 3 aliphatic heterocycles. The van der Waals surface area contributed by atoms with E-state index in [9.17, 15) is 30.3 Å². The molecule has 0 radical (unpaired) electrons. The molecular weight excluding hydrogens is 1140 g/mol.